The van der Waals surface area contributed by atoms with Gasteiger partial charge >= 0.3 is 0 Å². The Morgan fingerprint density at radius 3 is 2.28 bits per heavy atom. The van der Waals surface area contributed by atoms with E-state index < -0.39 is 17.2 Å². The second-order valence-electron chi connectivity index (χ2n) is 4.83. The summed E-state index contributed by atoms with van der Waals surface area (Å²) < 4.78 is 26.6. The summed E-state index contributed by atoms with van der Waals surface area (Å²) in [6.07, 6.45) is 0. The molecule has 0 radical (unpaired) electrons. The number of hydrogen-bond acceptors (Lipinski definition) is 3. The van der Waals surface area contributed by atoms with E-state index in [0.717, 1.165) is 32.2 Å². The van der Waals surface area contributed by atoms with E-state index in [1.54, 1.807) is 0 Å². The molecular weight excluding hydrogens is 238 g/mol. The predicted molar refractivity (Wildman–Crippen MR) is 65.2 cm³/mol. The number of halogens is 2. The fourth-order valence-corrected chi connectivity index (χ4v) is 2.40. The van der Waals surface area contributed by atoms with Gasteiger partial charge < -0.3 is 10.4 Å². The third-order valence-corrected chi connectivity index (χ3v) is 3.61. The van der Waals surface area contributed by atoms with Gasteiger partial charge in [0.25, 0.3) is 0 Å². The van der Waals surface area contributed by atoms with Crippen molar-refractivity contribution < 1.29 is 13.9 Å². The molecule has 2 N–H and O–H groups in total. The van der Waals surface area contributed by atoms with E-state index in [1.807, 2.05) is 6.92 Å². The Morgan fingerprint density at radius 2 is 1.78 bits per heavy atom. The van der Waals surface area contributed by atoms with Crippen molar-refractivity contribution >= 4 is 0 Å². The van der Waals surface area contributed by atoms with Crippen LogP contribution in [0.1, 0.15) is 12.5 Å². The summed E-state index contributed by atoms with van der Waals surface area (Å²) in [4.78, 5) is 2.05. The van der Waals surface area contributed by atoms with Gasteiger partial charge in [-0.2, -0.15) is 0 Å². The average Bonchev–Trinajstić information content (AvgIpc) is 2.37. The fourth-order valence-electron chi connectivity index (χ4n) is 2.40. The van der Waals surface area contributed by atoms with Crippen LogP contribution < -0.4 is 5.32 Å². The van der Waals surface area contributed by atoms with Gasteiger partial charge in [0.15, 0.2) is 0 Å². The molecule has 1 unspecified atom stereocenters. The molecule has 0 aromatic heterocycles. The molecule has 0 amide bonds. The highest BCUT2D eigenvalue weighted by Crippen LogP contribution is 2.29. The highest BCUT2D eigenvalue weighted by Gasteiger charge is 2.34. The maximum Gasteiger partial charge on any atom is 0.126 e. The van der Waals surface area contributed by atoms with Crippen molar-refractivity contribution in [3.8, 4) is 0 Å². The number of nitrogens with zero attached hydrogens (tertiary/aromatic N) is 1. The smallest absolute Gasteiger partial charge is 0.126 e. The summed E-state index contributed by atoms with van der Waals surface area (Å²) in [6, 6.07) is 3.43. The van der Waals surface area contributed by atoms with Crippen molar-refractivity contribution in [2.24, 2.45) is 0 Å². The second kappa shape index (κ2) is 5.30. The van der Waals surface area contributed by atoms with E-state index in [-0.39, 0.29) is 6.61 Å². The minimum Gasteiger partial charge on any atom is -0.394 e. The van der Waals surface area contributed by atoms with Crippen LogP contribution in [-0.4, -0.2) is 42.8 Å². The fraction of sp³-hybridized carbons (Fsp3) is 0.538. The molecule has 0 aliphatic carbocycles. The number of nitrogens with one attached hydrogen (secondary N) is 1. The van der Waals surface area contributed by atoms with E-state index in [1.165, 1.54) is 12.1 Å². The van der Waals surface area contributed by atoms with E-state index in [9.17, 15) is 13.9 Å². The van der Waals surface area contributed by atoms with Crippen LogP contribution in [0.25, 0.3) is 0 Å². The quantitative estimate of drug-likeness (QED) is 0.849. The zero-order valence-electron chi connectivity index (χ0n) is 10.4. The summed E-state index contributed by atoms with van der Waals surface area (Å²) in [5.74, 6) is -1.22. The van der Waals surface area contributed by atoms with Crippen LogP contribution in [0.3, 0.4) is 0 Å². The summed E-state index contributed by atoms with van der Waals surface area (Å²) in [7, 11) is 0. The Balaban J connectivity index is 2.35. The highest BCUT2D eigenvalue weighted by atomic mass is 19.1. The largest absolute Gasteiger partial charge is 0.394 e. The van der Waals surface area contributed by atoms with Crippen LogP contribution in [0.15, 0.2) is 18.2 Å². The first-order valence-corrected chi connectivity index (χ1v) is 6.09. The van der Waals surface area contributed by atoms with Gasteiger partial charge in [0, 0.05) is 32.2 Å². The van der Waals surface area contributed by atoms with Gasteiger partial charge in [0.2, 0.25) is 0 Å². The average molecular weight is 256 g/mol. The normalized spacial score (nSPS) is 20.7. The van der Waals surface area contributed by atoms with E-state index in [2.05, 4.69) is 10.2 Å². The van der Waals surface area contributed by atoms with Crippen LogP contribution in [0.5, 0.6) is 0 Å². The van der Waals surface area contributed by atoms with Gasteiger partial charge in [-0.05, 0) is 24.6 Å². The van der Waals surface area contributed by atoms with Crippen molar-refractivity contribution in [2.75, 3.05) is 32.8 Å². The predicted octanol–water partition coefficient (Wildman–Crippen LogP) is 1.08. The first kappa shape index (κ1) is 13.4. The Bertz CT molecular complexity index is 401. The molecule has 1 aliphatic heterocycles. The van der Waals surface area contributed by atoms with Gasteiger partial charge in [-0.1, -0.05) is 0 Å². The number of aliphatic hydroxyl groups excluding tert-OH is 1. The molecule has 3 nitrogen and oxygen atoms in total. The Hall–Kier alpha value is -1.04. The van der Waals surface area contributed by atoms with Crippen molar-refractivity contribution in [2.45, 2.75) is 12.5 Å². The van der Waals surface area contributed by atoms with Gasteiger partial charge in [0.05, 0.1) is 12.1 Å². The molecule has 1 aliphatic rings. The highest BCUT2D eigenvalue weighted by molar-refractivity contribution is 5.26. The molecule has 1 fully saturated rings. The number of aliphatic hydroxyl groups is 1. The maximum atomic E-state index is 13.3. The molecule has 0 spiro atoms. The van der Waals surface area contributed by atoms with Gasteiger partial charge in [0.1, 0.15) is 11.6 Å². The Morgan fingerprint density at radius 1 is 1.22 bits per heavy atom. The van der Waals surface area contributed by atoms with Crippen molar-refractivity contribution in [1.82, 2.24) is 10.2 Å². The lowest BCUT2D eigenvalue weighted by Crippen LogP contribution is -2.54. The van der Waals surface area contributed by atoms with Crippen LogP contribution in [0.4, 0.5) is 8.78 Å². The first-order valence-electron chi connectivity index (χ1n) is 6.09. The first-order chi connectivity index (χ1) is 8.56. The summed E-state index contributed by atoms with van der Waals surface area (Å²) >= 11 is 0. The zero-order chi connectivity index (χ0) is 13.2. The van der Waals surface area contributed by atoms with Crippen LogP contribution in [0, 0.1) is 11.6 Å². The molecular formula is C13H18F2N2O. The molecule has 18 heavy (non-hydrogen) atoms. The lowest BCUT2D eigenvalue weighted by molar-refractivity contribution is 0.0307. The van der Waals surface area contributed by atoms with Crippen LogP contribution >= 0.6 is 0 Å². The molecule has 1 atom stereocenters. The van der Waals surface area contributed by atoms with E-state index in [0.29, 0.717) is 5.56 Å². The molecule has 1 aromatic carbocycles. The molecule has 1 aromatic rings. The number of rotatable bonds is 3. The lowest BCUT2D eigenvalue weighted by Gasteiger charge is -2.42. The molecule has 1 heterocycles. The van der Waals surface area contributed by atoms with E-state index >= 15 is 0 Å². The van der Waals surface area contributed by atoms with Crippen molar-refractivity contribution in [3.63, 3.8) is 0 Å². The van der Waals surface area contributed by atoms with Gasteiger partial charge in [-0.25, -0.2) is 8.78 Å². The van der Waals surface area contributed by atoms with Gasteiger partial charge in [-0.15, -0.1) is 0 Å². The number of piperazine rings is 1. The number of hydrogen-bond donors (Lipinski definition) is 2. The SMILES string of the molecule is CC(CO)(c1cc(F)cc(F)c1)N1CCNCC1. The molecule has 1 saturated heterocycles. The topological polar surface area (TPSA) is 35.5 Å². The maximum absolute atomic E-state index is 13.3. The molecule has 100 valence electrons. The summed E-state index contributed by atoms with van der Waals surface area (Å²) in [6.45, 7) is 4.76. The third-order valence-electron chi connectivity index (χ3n) is 3.61. The molecule has 2 rings (SSSR count). The lowest BCUT2D eigenvalue weighted by atomic mass is 9.90. The zero-order valence-corrected chi connectivity index (χ0v) is 10.4. The Labute approximate surface area is 105 Å². The van der Waals surface area contributed by atoms with Crippen LogP contribution in [0.2, 0.25) is 0 Å². The van der Waals surface area contributed by atoms with Crippen molar-refractivity contribution in [3.05, 3.63) is 35.4 Å². The van der Waals surface area contributed by atoms with Gasteiger partial charge in [-0.3, -0.25) is 4.90 Å². The third kappa shape index (κ3) is 2.53. The summed E-state index contributed by atoms with van der Waals surface area (Å²) in [5.41, 5.74) is -0.269. The minimum atomic E-state index is -0.745. The summed E-state index contributed by atoms with van der Waals surface area (Å²) in [5, 5.41) is 12.9. The minimum absolute atomic E-state index is 0.171. The van der Waals surface area contributed by atoms with Crippen molar-refractivity contribution in [1.29, 1.82) is 0 Å². The van der Waals surface area contributed by atoms with E-state index in [4.69, 9.17) is 0 Å². The number of benzene rings is 1. The second-order valence-corrected chi connectivity index (χ2v) is 4.83. The molecule has 0 bridgehead atoms. The monoisotopic (exact) mass is 256 g/mol. The Kier molecular flexibility index (Phi) is 3.94. The standard InChI is InChI=1S/C13H18F2N2O/c1-13(9-18,17-4-2-16-3-5-17)10-6-11(14)8-12(15)7-10/h6-8,16,18H,2-5,9H2,1H3. The molecule has 0 saturated carbocycles. The molecule has 5 heteroatoms. The van der Waals surface area contributed by atoms with Crippen LogP contribution in [-0.2, 0) is 5.54 Å².